The predicted molar refractivity (Wildman–Crippen MR) is 96.2 cm³/mol. The number of amides is 2. The molecular formula is C20H19F3N2O2. The number of hydrogen-bond acceptors (Lipinski definition) is 2. The molecule has 0 bridgehead atoms. The Hall–Kier alpha value is -2.83. The third-order valence-electron chi connectivity index (χ3n) is 4.81. The fourth-order valence-electron chi connectivity index (χ4n) is 2.86. The molecule has 2 unspecified atom stereocenters. The molecule has 1 fully saturated rings. The summed E-state index contributed by atoms with van der Waals surface area (Å²) in [7, 11) is 0. The van der Waals surface area contributed by atoms with E-state index in [9.17, 15) is 22.8 Å². The van der Waals surface area contributed by atoms with Crippen molar-refractivity contribution >= 4 is 23.2 Å². The van der Waals surface area contributed by atoms with Crippen molar-refractivity contribution in [3.05, 3.63) is 59.2 Å². The van der Waals surface area contributed by atoms with Gasteiger partial charge in [-0.15, -0.1) is 0 Å². The second kappa shape index (κ2) is 7.06. The van der Waals surface area contributed by atoms with E-state index in [-0.39, 0.29) is 17.5 Å². The molecule has 0 saturated heterocycles. The zero-order valence-electron chi connectivity index (χ0n) is 14.9. The number of alkyl halides is 3. The van der Waals surface area contributed by atoms with Crippen LogP contribution in [0.5, 0.6) is 0 Å². The number of halogens is 3. The smallest absolute Gasteiger partial charge is 0.326 e. The zero-order chi connectivity index (χ0) is 19.8. The van der Waals surface area contributed by atoms with Gasteiger partial charge in [0.2, 0.25) is 11.8 Å². The highest BCUT2D eigenvalue weighted by atomic mass is 19.4. The number of aryl methyl sites for hydroxylation is 1. The number of hydrogen-bond donors (Lipinski definition) is 2. The van der Waals surface area contributed by atoms with Crippen LogP contribution in [0, 0.1) is 25.7 Å². The number of nitrogens with one attached hydrogen (secondary N) is 2. The van der Waals surface area contributed by atoms with Gasteiger partial charge in [0.25, 0.3) is 0 Å². The highest BCUT2D eigenvalue weighted by Gasteiger charge is 2.48. The molecule has 0 heterocycles. The van der Waals surface area contributed by atoms with E-state index in [2.05, 4.69) is 10.6 Å². The summed E-state index contributed by atoms with van der Waals surface area (Å²) in [5.41, 5.74) is 2.23. The van der Waals surface area contributed by atoms with E-state index >= 15 is 0 Å². The summed E-state index contributed by atoms with van der Waals surface area (Å²) in [5.74, 6) is -1.50. The van der Waals surface area contributed by atoms with Crippen LogP contribution in [0.4, 0.5) is 24.5 Å². The molecule has 0 aliphatic heterocycles. The van der Waals surface area contributed by atoms with Crippen LogP contribution < -0.4 is 10.6 Å². The summed E-state index contributed by atoms with van der Waals surface area (Å²) in [6.45, 7) is 3.86. The van der Waals surface area contributed by atoms with Gasteiger partial charge in [-0.3, -0.25) is 9.59 Å². The van der Waals surface area contributed by atoms with E-state index in [1.165, 1.54) is 12.1 Å². The SMILES string of the molecule is Cc1cccc(NC(=O)C2CC2C(=O)Nc2ccc(C(F)(F)F)cc2)c1C. The molecule has 2 N–H and O–H groups in total. The van der Waals surface area contributed by atoms with E-state index in [1.54, 1.807) is 6.07 Å². The minimum Gasteiger partial charge on any atom is -0.326 e. The van der Waals surface area contributed by atoms with Crippen LogP contribution in [0.15, 0.2) is 42.5 Å². The number of benzene rings is 2. The van der Waals surface area contributed by atoms with Gasteiger partial charge in [-0.2, -0.15) is 13.2 Å². The van der Waals surface area contributed by atoms with Crippen molar-refractivity contribution < 1.29 is 22.8 Å². The van der Waals surface area contributed by atoms with Crippen LogP contribution in [-0.2, 0) is 15.8 Å². The molecule has 142 valence electrons. The quantitative estimate of drug-likeness (QED) is 0.823. The molecular weight excluding hydrogens is 357 g/mol. The lowest BCUT2D eigenvalue weighted by molar-refractivity contribution is -0.137. The monoisotopic (exact) mass is 376 g/mol. The molecule has 2 aromatic rings. The average Bonchev–Trinajstić information content (AvgIpc) is 3.39. The minimum absolute atomic E-state index is 0.226. The van der Waals surface area contributed by atoms with Crippen molar-refractivity contribution in [2.24, 2.45) is 11.8 Å². The predicted octanol–water partition coefficient (Wildman–Crippen LogP) is 4.54. The molecule has 7 heteroatoms. The molecule has 1 saturated carbocycles. The lowest BCUT2D eigenvalue weighted by atomic mass is 10.1. The van der Waals surface area contributed by atoms with E-state index in [1.807, 2.05) is 26.0 Å². The Bertz CT molecular complexity index is 876. The van der Waals surface area contributed by atoms with Crippen molar-refractivity contribution in [1.82, 2.24) is 0 Å². The van der Waals surface area contributed by atoms with Crippen molar-refractivity contribution in [3.8, 4) is 0 Å². The molecule has 0 radical (unpaired) electrons. The number of carbonyl (C=O) groups is 2. The second-order valence-electron chi connectivity index (χ2n) is 6.75. The summed E-state index contributed by atoms with van der Waals surface area (Å²) < 4.78 is 37.7. The fraction of sp³-hybridized carbons (Fsp3) is 0.300. The first-order valence-corrected chi connectivity index (χ1v) is 8.52. The van der Waals surface area contributed by atoms with Crippen molar-refractivity contribution in [2.75, 3.05) is 10.6 Å². The van der Waals surface area contributed by atoms with Crippen LogP contribution in [0.3, 0.4) is 0 Å². The Balaban J connectivity index is 1.57. The van der Waals surface area contributed by atoms with Crippen molar-refractivity contribution in [2.45, 2.75) is 26.4 Å². The normalized spacial score (nSPS) is 18.7. The number of anilines is 2. The first-order valence-electron chi connectivity index (χ1n) is 8.52. The Morgan fingerprint density at radius 2 is 1.52 bits per heavy atom. The Morgan fingerprint density at radius 3 is 2.11 bits per heavy atom. The molecule has 27 heavy (non-hydrogen) atoms. The largest absolute Gasteiger partial charge is 0.416 e. The average molecular weight is 376 g/mol. The highest BCUT2D eigenvalue weighted by Crippen LogP contribution is 2.40. The summed E-state index contributed by atoms with van der Waals surface area (Å²) in [6.07, 6.45) is -4.00. The number of carbonyl (C=O) groups excluding carboxylic acids is 2. The lowest BCUT2D eigenvalue weighted by Gasteiger charge is -2.10. The van der Waals surface area contributed by atoms with Gasteiger partial charge in [-0.25, -0.2) is 0 Å². The van der Waals surface area contributed by atoms with Crippen LogP contribution >= 0.6 is 0 Å². The maximum atomic E-state index is 12.6. The molecule has 0 spiro atoms. The van der Waals surface area contributed by atoms with E-state index < -0.39 is 23.6 Å². The summed E-state index contributed by atoms with van der Waals surface area (Å²) in [6, 6.07) is 9.82. The third-order valence-corrected chi connectivity index (χ3v) is 4.81. The van der Waals surface area contributed by atoms with Gasteiger partial charge in [-0.05, 0) is 61.7 Å². The van der Waals surface area contributed by atoms with Crippen LogP contribution in [-0.4, -0.2) is 11.8 Å². The van der Waals surface area contributed by atoms with Gasteiger partial charge >= 0.3 is 6.18 Å². The molecule has 2 aromatic carbocycles. The highest BCUT2D eigenvalue weighted by molar-refractivity contribution is 6.03. The molecule has 2 atom stereocenters. The van der Waals surface area contributed by atoms with Gasteiger partial charge < -0.3 is 10.6 Å². The van der Waals surface area contributed by atoms with E-state index in [0.717, 1.165) is 23.3 Å². The van der Waals surface area contributed by atoms with Crippen LogP contribution in [0.25, 0.3) is 0 Å². The standard InChI is InChI=1S/C20H19F3N2O2/c1-11-4-3-5-17(12(11)2)25-19(27)16-10-15(16)18(26)24-14-8-6-13(7-9-14)20(21,22)23/h3-9,15-16H,10H2,1-2H3,(H,24,26)(H,25,27). The van der Waals surface area contributed by atoms with Gasteiger partial charge in [0.15, 0.2) is 0 Å². The van der Waals surface area contributed by atoms with Crippen LogP contribution in [0.1, 0.15) is 23.1 Å². The molecule has 1 aliphatic carbocycles. The molecule has 1 aliphatic rings. The minimum atomic E-state index is -4.42. The molecule has 2 amide bonds. The zero-order valence-corrected chi connectivity index (χ0v) is 14.9. The molecule has 0 aromatic heterocycles. The first-order chi connectivity index (χ1) is 12.7. The second-order valence-corrected chi connectivity index (χ2v) is 6.75. The number of rotatable bonds is 4. The summed E-state index contributed by atoms with van der Waals surface area (Å²) in [5, 5.41) is 5.41. The Labute approximate surface area is 154 Å². The summed E-state index contributed by atoms with van der Waals surface area (Å²) in [4.78, 5) is 24.6. The van der Waals surface area contributed by atoms with Crippen molar-refractivity contribution in [1.29, 1.82) is 0 Å². The van der Waals surface area contributed by atoms with Gasteiger partial charge in [0, 0.05) is 11.4 Å². The summed E-state index contributed by atoms with van der Waals surface area (Å²) >= 11 is 0. The Morgan fingerprint density at radius 1 is 0.926 bits per heavy atom. The maximum absolute atomic E-state index is 12.6. The van der Waals surface area contributed by atoms with Gasteiger partial charge in [0.1, 0.15) is 0 Å². The topological polar surface area (TPSA) is 58.2 Å². The van der Waals surface area contributed by atoms with E-state index in [4.69, 9.17) is 0 Å². The van der Waals surface area contributed by atoms with Gasteiger partial charge in [0.05, 0.1) is 17.4 Å². The lowest BCUT2D eigenvalue weighted by Crippen LogP contribution is -2.21. The third kappa shape index (κ3) is 4.30. The molecule has 3 rings (SSSR count). The fourth-order valence-corrected chi connectivity index (χ4v) is 2.86. The van der Waals surface area contributed by atoms with Crippen molar-refractivity contribution in [3.63, 3.8) is 0 Å². The van der Waals surface area contributed by atoms with Gasteiger partial charge in [-0.1, -0.05) is 12.1 Å². The Kier molecular flexibility index (Phi) is 4.95. The molecule has 4 nitrogen and oxygen atoms in total. The first kappa shape index (κ1) is 18.9. The van der Waals surface area contributed by atoms with E-state index in [0.29, 0.717) is 12.1 Å². The maximum Gasteiger partial charge on any atom is 0.416 e. The van der Waals surface area contributed by atoms with Crippen LogP contribution in [0.2, 0.25) is 0 Å².